The van der Waals surface area contributed by atoms with Gasteiger partial charge in [0.15, 0.2) is 0 Å². The van der Waals surface area contributed by atoms with Gasteiger partial charge in [-0.25, -0.2) is 0 Å². The number of methoxy groups -OCH3 is 2. The van der Waals surface area contributed by atoms with E-state index in [1.807, 2.05) is 20.8 Å². The van der Waals surface area contributed by atoms with Crippen LogP contribution in [-0.2, 0) is 31.0 Å². The fourth-order valence-corrected chi connectivity index (χ4v) is 1.47. The highest BCUT2D eigenvalue weighted by Crippen LogP contribution is 2.20. The zero-order valence-electron chi connectivity index (χ0n) is 13.0. The van der Waals surface area contributed by atoms with E-state index in [-0.39, 0.29) is 25.0 Å². The summed E-state index contributed by atoms with van der Waals surface area (Å²) in [5.41, 5.74) is -0.263. The molecule has 0 saturated heterocycles. The maximum Gasteiger partial charge on any atom is 0.319 e. The minimum absolute atomic E-state index is 0.0706. The normalized spacial score (nSPS) is 11.5. The lowest BCUT2D eigenvalue weighted by atomic mass is 9.97. The van der Waals surface area contributed by atoms with E-state index in [9.17, 15) is 9.59 Å². The summed E-state index contributed by atoms with van der Waals surface area (Å²) in [4.78, 5) is 24.2. The molecule has 0 unspecified atom stereocenters. The van der Waals surface area contributed by atoms with Gasteiger partial charge in [-0.2, -0.15) is 0 Å². The average molecular weight is 299 g/mol. The molecule has 0 bridgehead atoms. The monoisotopic (exact) mass is 299 g/mol. The number of carbonyl (C=O) groups is 2. The summed E-state index contributed by atoms with van der Waals surface area (Å²) in [6.07, 6.45) is 0. The molecule has 0 radical (unpaired) electrons. The quantitative estimate of drug-likeness (QED) is 0.701. The van der Waals surface area contributed by atoms with Gasteiger partial charge in [0.1, 0.15) is 0 Å². The molecule has 21 heavy (non-hydrogen) atoms. The van der Waals surface area contributed by atoms with Crippen LogP contribution in [-0.4, -0.2) is 54.3 Å². The lowest BCUT2D eigenvalue weighted by Gasteiger charge is -2.17. The van der Waals surface area contributed by atoms with Crippen LogP contribution in [0.2, 0.25) is 0 Å². The molecule has 0 aliphatic heterocycles. The van der Waals surface area contributed by atoms with E-state index in [0.717, 1.165) is 0 Å². The van der Waals surface area contributed by atoms with Crippen LogP contribution in [0, 0.1) is 0 Å². The summed E-state index contributed by atoms with van der Waals surface area (Å²) in [6, 6.07) is 0. The molecule has 8 nitrogen and oxygen atoms in total. The first kappa shape index (κ1) is 17.1. The Hall–Kier alpha value is -1.96. The zero-order valence-corrected chi connectivity index (χ0v) is 13.0. The lowest BCUT2D eigenvalue weighted by molar-refractivity contribution is -0.145. The van der Waals surface area contributed by atoms with Gasteiger partial charge >= 0.3 is 11.9 Å². The maximum absolute atomic E-state index is 11.4. The molecule has 0 fully saturated rings. The SMILES string of the molecule is COC(=O)CN(CC(=O)OC)Cc1nnc(C(C)(C)C)o1. The fraction of sp³-hybridized carbons (Fsp3) is 0.692. The van der Waals surface area contributed by atoms with E-state index in [1.54, 1.807) is 0 Å². The maximum atomic E-state index is 11.4. The van der Waals surface area contributed by atoms with Gasteiger partial charge in [-0.3, -0.25) is 14.5 Å². The smallest absolute Gasteiger partial charge is 0.319 e. The van der Waals surface area contributed by atoms with Crippen LogP contribution in [0.5, 0.6) is 0 Å². The zero-order chi connectivity index (χ0) is 16.0. The van der Waals surface area contributed by atoms with Crippen LogP contribution in [0.25, 0.3) is 0 Å². The van der Waals surface area contributed by atoms with Gasteiger partial charge in [0.05, 0.1) is 33.9 Å². The molecule has 1 heterocycles. The minimum Gasteiger partial charge on any atom is -0.468 e. The van der Waals surface area contributed by atoms with E-state index >= 15 is 0 Å². The number of aromatic nitrogens is 2. The number of nitrogens with zero attached hydrogens (tertiary/aromatic N) is 3. The van der Waals surface area contributed by atoms with Gasteiger partial charge in [0.25, 0.3) is 0 Å². The second kappa shape index (κ2) is 7.16. The first-order chi connectivity index (χ1) is 9.76. The molecule has 0 aliphatic carbocycles. The molecule has 0 aliphatic rings. The number of carbonyl (C=O) groups excluding carboxylic acids is 2. The van der Waals surface area contributed by atoms with Crippen molar-refractivity contribution in [1.82, 2.24) is 15.1 Å². The molecule has 0 amide bonds. The number of rotatable bonds is 6. The predicted octanol–water partition coefficient (Wildman–Crippen LogP) is 0.515. The van der Waals surface area contributed by atoms with Crippen molar-refractivity contribution in [3.63, 3.8) is 0 Å². The van der Waals surface area contributed by atoms with Crippen LogP contribution < -0.4 is 0 Å². The molecule has 0 saturated carbocycles. The molecule has 1 aromatic heterocycles. The first-order valence-electron chi connectivity index (χ1n) is 6.45. The van der Waals surface area contributed by atoms with Crippen LogP contribution in [0.1, 0.15) is 32.6 Å². The minimum atomic E-state index is -0.463. The number of hydrogen-bond acceptors (Lipinski definition) is 8. The number of hydrogen-bond donors (Lipinski definition) is 0. The molecule has 8 heteroatoms. The Balaban J connectivity index is 2.77. The first-order valence-corrected chi connectivity index (χ1v) is 6.45. The summed E-state index contributed by atoms with van der Waals surface area (Å²) >= 11 is 0. The van der Waals surface area contributed by atoms with E-state index in [2.05, 4.69) is 19.7 Å². The van der Waals surface area contributed by atoms with Gasteiger partial charge in [-0.05, 0) is 0 Å². The van der Waals surface area contributed by atoms with Crippen molar-refractivity contribution in [3.8, 4) is 0 Å². The molecule has 0 N–H and O–H groups in total. The topological polar surface area (TPSA) is 94.8 Å². The number of esters is 2. The van der Waals surface area contributed by atoms with Crippen LogP contribution >= 0.6 is 0 Å². The summed E-state index contributed by atoms with van der Waals surface area (Å²) in [6.45, 7) is 5.87. The Morgan fingerprint density at radius 1 is 1.10 bits per heavy atom. The van der Waals surface area contributed by atoms with E-state index in [0.29, 0.717) is 11.8 Å². The van der Waals surface area contributed by atoms with Crippen molar-refractivity contribution in [2.75, 3.05) is 27.3 Å². The van der Waals surface area contributed by atoms with Gasteiger partial charge in [-0.15, -0.1) is 10.2 Å². The van der Waals surface area contributed by atoms with Crippen molar-refractivity contribution in [2.24, 2.45) is 0 Å². The third-order valence-corrected chi connectivity index (χ3v) is 2.63. The second-order valence-corrected chi connectivity index (χ2v) is 5.55. The molecule has 1 rings (SSSR count). The Labute approximate surface area is 123 Å². The highest BCUT2D eigenvalue weighted by Gasteiger charge is 2.23. The Morgan fingerprint density at radius 2 is 1.62 bits per heavy atom. The second-order valence-electron chi connectivity index (χ2n) is 5.55. The van der Waals surface area contributed by atoms with Crippen molar-refractivity contribution >= 4 is 11.9 Å². The summed E-state index contributed by atoms with van der Waals surface area (Å²) in [7, 11) is 2.56. The standard InChI is InChI=1S/C13H21N3O5/c1-13(2,3)12-15-14-9(21-12)6-16(7-10(17)19-4)8-11(18)20-5/h6-8H2,1-5H3. The average Bonchev–Trinajstić information content (AvgIpc) is 2.86. The Kier molecular flexibility index (Phi) is 5.83. The van der Waals surface area contributed by atoms with Crippen LogP contribution in [0.15, 0.2) is 4.42 Å². The molecular formula is C13H21N3O5. The van der Waals surface area contributed by atoms with Crippen molar-refractivity contribution in [1.29, 1.82) is 0 Å². The van der Waals surface area contributed by atoms with E-state index in [1.165, 1.54) is 19.1 Å². The fourth-order valence-electron chi connectivity index (χ4n) is 1.47. The van der Waals surface area contributed by atoms with Crippen molar-refractivity contribution < 1.29 is 23.5 Å². The molecule has 0 atom stereocenters. The summed E-state index contributed by atoms with van der Waals surface area (Å²) < 4.78 is 14.7. The van der Waals surface area contributed by atoms with Gasteiger partial charge in [0, 0.05) is 5.41 Å². The van der Waals surface area contributed by atoms with Crippen LogP contribution in [0.3, 0.4) is 0 Å². The third kappa shape index (κ3) is 5.50. The summed E-state index contributed by atoms with van der Waals surface area (Å²) in [5.74, 6) is -0.106. The largest absolute Gasteiger partial charge is 0.468 e. The van der Waals surface area contributed by atoms with Gasteiger partial charge < -0.3 is 13.9 Å². The lowest BCUT2D eigenvalue weighted by Crippen LogP contribution is -2.35. The van der Waals surface area contributed by atoms with Gasteiger partial charge in [0.2, 0.25) is 11.8 Å². The molecular weight excluding hydrogens is 278 g/mol. The van der Waals surface area contributed by atoms with Crippen molar-refractivity contribution in [3.05, 3.63) is 11.8 Å². The number of ether oxygens (including phenoxy) is 2. The molecule has 118 valence electrons. The molecule has 1 aromatic rings. The van der Waals surface area contributed by atoms with Crippen LogP contribution in [0.4, 0.5) is 0 Å². The highest BCUT2D eigenvalue weighted by atomic mass is 16.5. The van der Waals surface area contributed by atoms with E-state index < -0.39 is 11.9 Å². The van der Waals surface area contributed by atoms with Gasteiger partial charge in [-0.1, -0.05) is 20.8 Å². The molecule has 0 spiro atoms. The Morgan fingerprint density at radius 3 is 2.00 bits per heavy atom. The van der Waals surface area contributed by atoms with Crippen molar-refractivity contribution in [2.45, 2.75) is 32.7 Å². The molecule has 0 aromatic carbocycles. The third-order valence-electron chi connectivity index (χ3n) is 2.63. The summed E-state index contributed by atoms with van der Waals surface area (Å²) in [5, 5.41) is 7.89. The van der Waals surface area contributed by atoms with E-state index in [4.69, 9.17) is 4.42 Å². The highest BCUT2D eigenvalue weighted by molar-refractivity contribution is 5.74. The Bertz CT molecular complexity index is 474. The predicted molar refractivity (Wildman–Crippen MR) is 72.3 cm³/mol.